The molecule has 2 aliphatic heterocycles. The van der Waals surface area contributed by atoms with E-state index in [0.29, 0.717) is 28.9 Å². The first-order chi connectivity index (χ1) is 11.1. The van der Waals surface area contributed by atoms with E-state index in [1.807, 2.05) is 9.80 Å². The molecule has 0 aliphatic carbocycles. The predicted molar refractivity (Wildman–Crippen MR) is 91.0 cm³/mol. The lowest BCUT2D eigenvalue weighted by atomic mass is 9.96. The first-order valence-corrected chi connectivity index (χ1v) is 8.82. The lowest BCUT2D eigenvalue weighted by molar-refractivity contribution is 0.0723. The zero-order valence-corrected chi connectivity index (χ0v) is 14.3. The molecule has 0 radical (unpaired) electrons. The summed E-state index contributed by atoms with van der Waals surface area (Å²) in [6.45, 7) is 5.04. The van der Waals surface area contributed by atoms with Crippen LogP contribution in [0.4, 0.5) is 5.82 Å². The predicted octanol–water partition coefficient (Wildman–Crippen LogP) is 2.57. The van der Waals surface area contributed by atoms with Gasteiger partial charge in [-0.15, -0.1) is 0 Å². The van der Waals surface area contributed by atoms with Crippen molar-refractivity contribution >= 4 is 23.3 Å². The van der Waals surface area contributed by atoms with Crippen molar-refractivity contribution in [2.45, 2.75) is 38.7 Å². The first-order valence-electron chi connectivity index (χ1n) is 8.44. The normalized spacial score (nSPS) is 25.5. The Labute approximate surface area is 142 Å². The van der Waals surface area contributed by atoms with Crippen molar-refractivity contribution in [1.82, 2.24) is 9.88 Å². The number of likely N-dealkylation sites (tertiary alicyclic amines) is 1. The number of aliphatic hydroxyl groups is 1. The van der Waals surface area contributed by atoms with E-state index < -0.39 is 0 Å². The number of amides is 1. The number of pyridine rings is 1. The highest BCUT2D eigenvalue weighted by Gasteiger charge is 2.27. The number of hydrogen-bond donors (Lipinski definition) is 1. The highest BCUT2D eigenvalue weighted by atomic mass is 35.5. The summed E-state index contributed by atoms with van der Waals surface area (Å²) in [7, 11) is 0. The number of rotatable bonds is 2. The van der Waals surface area contributed by atoms with Crippen molar-refractivity contribution in [3.63, 3.8) is 0 Å². The van der Waals surface area contributed by atoms with Crippen molar-refractivity contribution < 1.29 is 9.90 Å². The van der Waals surface area contributed by atoms with Crippen LogP contribution in [0.25, 0.3) is 0 Å². The van der Waals surface area contributed by atoms with Crippen LogP contribution in [0.5, 0.6) is 0 Å². The second-order valence-corrected chi connectivity index (χ2v) is 7.07. The van der Waals surface area contributed by atoms with Gasteiger partial charge >= 0.3 is 0 Å². The topological polar surface area (TPSA) is 56.7 Å². The number of anilines is 1. The molecule has 126 valence electrons. The highest BCUT2D eigenvalue weighted by Crippen LogP contribution is 2.29. The second-order valence-electron chi connectivity index (χ2n) is 6.66. The zero-order valence-electron chi connectivity index (χ0n) is 13.5. The quantitative estimate of drug-likeness (QED) is 0.901. The maximum atomic E-state index is 12.5. The summed E-state index contributed by atoms with van der Waals surface area (Å²) in [4.78, 5) is 20.8. The third-order valence-electron chi connectivity index (χ3n) is 4.93. The fraction of sp³-hybridized carbons (Fsp3) is 0.647. The number of carbonyl (C=O) groups excluding carboxylic acids is 1. The smallest absolute Gasteiger partial charge is 0.255 e. The maximum absolute atomic E-state index is 12.5. The van der Waals surface area contributed by atoms with Gasteiger partial charge in [-0.25, -0.2) is 4.98 Å². The van der Waals surface area contributed by atoms with E-state index >= 15 is 0 Å². The first kappa shape index (κ1) is 16.5. The maximum Gasteiger partial charge on any atom is 0.255 e. The number of aliphatic hydroxyl groups excluding tert-OH is 1. The standard InChI is InChI=1S/C17H24ClN3O2/c1-12-5-8-21(11-15(12)22)16-14(18)9-13(10-19-16)17(23)20-6-3-2-4-7-20/h9-10,12,15,22H,2-8,11H2,1H3. The minimum atomic E-state index is -0.365. The van der Waals surface area contributed by atoms with Crippen molar-refractivity contribution in [2.24, 2.45) is 5.92 Å². The molecule has 2 atom stereocenters. The monoisotopic (exact) mass is 337 g/mol. The van der Waals surface area contributed by atoms with E-state index in [9.17, 15) is 9.90 Å². The van der Waals surface area contributed by atoms with Gasteiger partial charge in [0.05, 0.1) is 16.7 Å². The summed E-state index contributed by atoms with van der Waals surface area (Å²) in [5.41, 5.74) is 0.548. The molecule has 3 rings (SSSR count). The number of halogens is 1. The molecule has 2 fully saturated rings. The Bertz CT molecular complexity index is 575. The van der Waals surface area contributed by atoms with Gasteiger partial charge in [-0.3, -0.25) is 4.79 Å². The fourth-order valence-corrected chi connectivity index (χ4v) is 3.59. The van der Waals surface area contributed by atoms with Gasteiger partial charge in [-0.2, -0.15) is 0 Å². The third kappa shape index (κ3) is 3.61. The zero-order chi connectivity index (χ0) is 16.4. The van der Waals surface area contributed by atoms with Crippen molar-refractivity contribution in [3.05, 3.63) is 22.8 Å². The molecule has 23 heavy (non-hydrogen) atoms. The molecule has 3 heterocycles. The van der Waals surface area contributed by atoms with E-state index in [2.05, 4.69) is 11.9 Å². The van der Waals surface area contributed by atoms with Crippen LogP contribution in [0.2, 0.25) is 5.02 Å². The summed E-state index contributed by atoms with van der Waals surface area (Å²) in [6.07, 6.45) is 5.48. The molecule has 5 nitrogen and oxygen atoms in total. The summed E-state index contributed by atoms with van der Waals surface area (Å²) >= 11 is 6.37. The van der Waals surface area contributed by atoms with E-state index in [4.69, 9.17) is 11.6 Å². The molecule has 0 spiro atoms. The number of aromatic nitrogens is 1. The number of β-amino-alcohol motifs (C(OH)–C–C–N with tert-alkyl or cyclic N) is 1. The molecule has 6 heteroatoms. The summed E-state index contributed by atoms with van der Waals surface area (Å²) in [5.74, 6) is 0.968. The van der Waals surface area contributed by atoms with Crippen LogP contribution in [0, 0.1) is 5.92 Å². The Morgan fingerprint density at radius 2 is 2.04 bits per heavy atom. The SMILES string of the molecule is CC1CCN(c2ncc(C(=O)N3CCCCC3)cc2Cl)CC1O. The minimum absolute atomic E-state index is 0.0120. The largest absolute Gasteiger partial charge is 0.391 e. The van der Waals surface area contributed by atoms with Gasteiger partial charge in [-0.1, -0.05) is 18.5 Å². The van der Waals surface area contributed by atoms with Gasteiger partial charge in [0, 0.05) is 32.4 Å². The van der Waals surface area contributed by atoms with E-state index in [1.54, 1.807) is 12.3 Å². The van der Waals surface area contributed by atoms with Crippen LogP contribution >= 0.6 is 11.6 Å². The van der Waals surface area contributed by atoms with E-state index in [1.165, 1.54) is 6.42 Å². The van der Waals surface area contributed by atoms with Crippen LogP contribution < -0.4 is 4.90 Å². The summed E-state index contributed by atoms with van der Waals surface area (Å²) < 4.78 is 0. The minimum Gasteiger partial charge on any atom is -0.391 e. The molecule has 0 aromatic carbocycles. The Kier molecular flexibility index (Phi) is 5.07. The molecule has 1 aromatic heterocycles. The molecule has 2 unspecified atom stereocenters. The Balaban J connectivity index is 1.74. The average Bonchev–Trinajstić information content (AvgIpc) is 2.57. The molecule has 0 saturated carbocycles. The van der Waals surface area contributed by atoms with Gasteiger partial charge in [-0.05, 0) is 37.7 Å². The molecule has 0 bridgehead atoms. The van der Waals surface area contributed by atoms with Crippen LogP contribution in [0.15, 0.2) is 12.3 Å². The molecular weight excluding hydrogens is 314 g/mol. The fourth-order valence-electron chi connectivity index (χ4n) is 3.30. The molecule has 1 amide bonds. The summed E-state index contributed by atoms with van der Waals surface area (Å²) in [6, 6.07) is 1.71. The summed E-state index contributed by atoms with van der Waals surface area (Å²) in [5, 5.41) is 10.5. The van der Waals surface area contributed by atoms with Crippen molar-refractivity contribution in [3.8, 4) is 0 Å². The number of nitrogens with zero attached hydrogens (tertiary/aromatic N) is 3. The number of carbonyl (C=O) groups is 1. The second kappa shape index (κ2) is 7.05. The molecule has 2 saturated heterocycles. The molecule has 1 N–H and O–H groups in total. The number of hydrogen-bond acceptors (Lipinski definition) is 4. The number of piperidine rings is 2. The van der Waals surface area contributed by atoms with Crippen LogP contribution in [-0.2, 0) is 0 Å². The average molecular weight is 338 g/mol. The van der Waals surface area contributed by atoms with E-state index in [0.717, 1.165) is 38.9 Å². The van der Waals surface area contributed by atoms with Crippen LogP contribution in [0.1, 0.15) is 43.0 Å². The molecular formula is C17H24ClN3O2. The lowest BCUT2D eigenvalue weighted by Crippen LogP contribution is -2.43. The molecule has 1 aromatic rings. The van der Waals surface area contributed by atoms with Crippen molar-refractivity contribution in [1.29, 1.82) is 0 Å². The van der Waals surface area contributed by atoms with Gasteiger partial charge in [0.15, 0.2) is 0 Å². The molecule has 2 aliphatic rings. The van der Waals surface area contributed by atoms with Gasteiger partial charge < -0.3 is 14.9 Å². The highest BCUT2D eigenvalue weighted by molar-refractivity contribution is 6.33. The van der Waals surface area contributed by atoms with Gasteiger partial charge in [0.1, 0.15) is 5.82 Å². The van der Waals surface area contributed by atoms with E-state index in [-0.39, 0.29) is 12.0 Å². The Hall–Kier alpha value is -1.33. The van der Waals surface area contributed by atoms with Crippen LogP contribution in [-0.4, -0.2) is 53.2 Å². The van der Waals surface area contributed by atoms with Gasteiger partial charge in [0.2, 0.25) is 0 Å². The van der Waals surface area contributed by atoms with Crippen LogP contribution in [0.3, 0.4) is 0 Å². The Morgan fingerprint density at radius 3 is 2.70 bits per heavy atom. The van der Waals surface area contributed by atoms with Gasteiger partial charge in [0.25, 0.3) is 5.91 Å². The third-order valence-corrected chi connectivity index (χ3v) is 5.21. The lowest BCUT2D eigenvalue weighted by Gasteiger charge is -2.35. The van der Waals surface area contributed by atoms with Crippen molar-refractivity contribution in [2.75, 3.05) is 31.1 Å². The Morgan fingerprint density at radius 1 is 1.30 bits per heavy atom.